The van der Waals surface area contributed by atoms with Gasteiger partial charge in [0.25, 0.3) is 0 Å². The molecule has 0 aromatic heterocycles. The second kappa shape index (κ2) is 28.2. The number of aliphatic hydroxyl groups excluding tert-OH is 1. The summed E-state index contributed by atoms with van der Waals surface area (Å²) in [6.07, 6.45) is 0.468. The number of amides is 9. The molecule has 0 aromatic rings. The average Bonchev–Trinajstić information content (AvgIpc) is 3.17. The molecule has 340 valence electrons. The Hall–Kier alpha value is -4.33. The number of unbranched alkanes of at least 4 members (excludes halogenated alkanes) is 1. The fourth-order valence-electron chi connectivity index (χ4n) is 5.43. The van der Waals surface area contributed by atoms with E-state index in [9.17, 15) is 53.1 Å². The van der Waals surface area contributed by atoms with Gasteiger partial charge in [0.2, 0.25) is 53.2 Å². The highest BCUT2D eigenvalue weighted by molar-refractivity contribution is 8.76. The first-order valence-electron chi connectivity index (χ1n) is 19.2. The number of aliphatic hydroxyl groups is 1. The van der Waals surface area contributed by atoms with Crippen LogP contribution in [0.3, 0.4) is 0 Å². The normalized spacial score (nSPS) is 21.6. The van der Waals surface area contributed by atoms with E-state index in [1.165, 1.54) is 25.6 Å². The number of carbonyl (C=O) groups is 10. The quantitative estimate of drug-likeness (QED) is 0.0411. The number of carboxylic acid groups (broad SMARTS) is 1. The van der Waals surface area contributed by atoms with Gasteiger partial charge in [0.15, 0.2) is 0 Å². The number of primary amides is 1. The van der Waals surface area contributed by atoms with Crippen molar-refractivity contribution in [2.75, 3.05) is 36.6 Å². The molecule has 0 bridgehead atoms. The minimum absolute atomic E-state index is 0.0872. The summed E-state index contributed by atoms with van der Waals surface area (Å²) in [5.41, 5.74) is 11.1. The number of carbonyl (C=O) groups excluding carboxylic acids is 9. The number of carboxylic acids is 1. The van der Waals surface area contributed by atoms with Crippen molar-refractivity contribution in [2.24, 2.45) is 17.4 Å². The number of aliphatic carboxylic acids is 1. The summed E-state index contributed by atoms with van der Waals surface area (Å²) in [5.74, 6) is -9.13. The molecule has 1 rings (SSSR count). The van der Waals surface area contributed by atoms with Crippen LogP contribution in [0.4, 0.5) is 0 Å². The van der Waals surface area contributed by atoms with Gasteiger partial charge in [-0.05, 0) is 63.5 Å². The fourth-order valence-corrected chi connectivity index (χ4v) is 8.23. The Labute approximate surface area is 360 Å². The molecule has 14 N–H and O–H groups in total. The predicted octanol–water partition coefficient (Wildman–Crippen LogP) is -3.82. The zero-order chi connectivity index (χ0) is 45.5. The van der Waals surface area contributed by atoms with Crippen LogP contribution in [0.2, 0.25) is 0 Å². The summed E-state index contributed by atoms with van der Waals surface area (Å²) >= 11 is 1.36. The topological polar surface area (TPSA) is 359 Å². The Morgan fingerprint density at radius 2 is 1.53 bits per heavy atom. The molecule has 1 saturated heterocycles. The first-order chi connectivity index (χ1) is 28.2. The van der Waals surface area contributed by atoms with Gasteiger partial charge in [-0.2, -0.15) is 11.8 Å². The highest BCUT2D eigenvalue weighted by atomic mass is 33.1. The van der Waals surface area contributed by atoms with E-state index in [0.29, 0.717) is 18.6 Å². The summed E-state index contributed by atoms with van der Waals surface area (Å²) in [6, 6.07) is -9.32. The van der Waals surface area contributed by atoms with Crippen LogP contribution in [0.1, 0.15) is 66.2 Å². The first kappa shape index (κ1) is 53.7. The fraction of sp³-hybridized carbons (Fsp3) is 0.714. The Bertz CT molecular complexity index is 1530. The third-order valence-corrected chi connectivity index (χ3v) is 11.8. The number of hydrogen-bond donors (Lipinski definition) is 12. The van der Waals surface area contributed by atoms with Gasteiger partial charge in [-0.1, -0.05) is 35.4 Å². The second-order valence-electron chi connectivity index (χ2n) is 14.2. The van der Waals surface area contributed by atoms with Gasteiger partial charge in [-0.3, -0.25) is 47.9 Å². The van der Waals surface area contributed by atoms with Gasteiger partial charge in [-0.15, -0.1) is 0 Å². The van der Waals surface area contributed by atoms with E-state index in [0.717, 1.165) is 21.6 Å². The van der Waals surface area contributed by atoms with E-state index in [1.807, 2.05) is 0 Å². The van der Waals surface area contributed by atoms with E-state index in [2.05, 4.69) is 42.5 Å². The number of rotatable bonds is 20. The summed E-state index contributed by atoms with van der Waals surface area (Å²) in [5, 5.41) is 39.5. The molecule has 25 heteroatoms. The van der Waals surface area contributed by atoms with E-state index in [4.69, 9.17) is 16.6 Å². The van der Waals surface area contributed by atoms with Crippen molar-refractivity contribution in [3.8, 4) is 0 Å². The molecule has 1 heterocycles. The average molecular weight is 909 g/mol. The summed E-state index contributed by atoms with van der Waals surface area (Å²) in [4.78, 5) is 129. The van der Waals surface area contributed by atoms with Crippen molar-refractivity contribution in [1.82, 2.24) is 42.5 Å². The minimum atomic E-state index is -1.62. The molecule has 0 saturated carbocycles. The molecule has 0 radical (unpaired) electrons. The molecule has 1 fully saturated rings. The summed E-state index contributed by atoms with van der Waals surface area (Å²) < 4.78 is 0. The Balaban J connectivity index is 3.60. The van der Waals surface area contributed by atoms with Crippen LogP contribution in [-0.4, -0.2) is 154 Å². The molecule has 1 aliphatic rings. The maximum absolute atomic E-state index is 13.9. The lowest BCUT2D eigenvalue weighted by atomic mass is 10.0. The summed E-state index contributed by atoms with van der Waals surface area (Å²) in [6.45, 7) is 5.44. The number of hydrogen-bond acceptors (Lipinski definition) is 15. The monoisotopic (exact) mass is 908 g/mol. The molecular formula is C35H60N10O12S3. The lowest BCUT2D eigenvalue weighted by Crippen LogP contribution is -2.61. The molecular weight excluding hydrogens is 849 g/mol. The predicted molar refractivity (Wildman–Crippen MR) is 226 cm³/mol. The SMILES string of the molecule is CSCC[C@@H]1NC(=O)CNC(=O)[C@H]([C@@H](C)O)NC(=O)[C@@H](NC(=O)[C@H](CCCCN)NC(=O)[C@@H](NC(C)=O)C(C)C)CSSC[C@H](C(=O)N[C@@H](CCC(=O)O)C(N)=O)NC1=O. The highest BCUT2D eigenvalue weighted by Gasteiger charge is 2.35. The van der Waals surface area contributed by atoms with Crippen molar-refractivity contribution in [1.29, 1.82) is 0 Å². The first-order valence-corrected chi connectivity index (χ1v) is 23.1. The Morgan fingerprint density at radius 1 is 0.867 bits per heavy atom. The largest absolute Gasteiger partial charge is 0.481 e. The third kappa shape index (κ3) is 20.3. The van der Waals surface area contributed by atoms with Gasteiger partial charge in [-0.25, -0.2) is 0 Å². The van der Waals surface area contributed by atoms with E-state index in [1.54, 1.807) is 20.1 Å². The Morgan fingerprint density at radius 3 is 2.10 bits per heavy atom. The molecule has 0 unspecified atom stereocenters. The van der Waals surface area contributed by atoms with Crippen molar-refractivity contribution in [2.45, 2.75) is 115 Å². The summed E-state index contributed by atoms with van der Waals surface area (Å²) in [7, 11) is 1.90. The van der Waals surface area contributed by atoms with Crippen LogP contribution in [0.15, 0.2) is 0 Å². The molecule has 0 spiro atoms. The van der Waals surface area contributed by atoms with Crippen LogP contribution in [0.25, 0.3) is 0 Å². The molecule has 0 aliphatic carbocycles. The lowest BCUT2D eigenvalue weighted by molar-refractivity contribution is -0.138. The number of thioether (sulfide) groups is 1. The smallest absolute Gasteiger partial charge is 0.303 e. The number of nitrogens with two attached hydrogens (primary N) is 2. The minimum Gasteiger partial charge on any atom is -0.481 e. The molecule has 9 amide bonds. The van der Waals surface area contributed by atoms with Gasteiger partial charge in [0.05, 0.1) is 12.6 Å². The molecule has 22 nitrogen and oxygen atoms in total. The van der Waals surface area contributed by atoms with Gasteiger partial charge in [0.1, 0.15) is 42.3 Å². The van der Waals surface area contributed by atoms with Crippen LogP contribution in [-0.2, 0) is 47.9 Å². The van der Waals surface area contributed by atoms with Crippen LogP contribution < -0.4 is 54.0 Å². The van der Waals surface area contributed by atoms with E-state index in [-0.39, 0.29) is 43.2 Å². The number of nitrogens with one attached hydrogen (secondary N) is 8. The maximum Gasteiger partial charge on any atom is 0.303 e. The van der Waals surface area contributed by atoms with Crippen molar-refractivity contribution in [3.05, 3.63) is 0 Å². The van der Waals surface area contributed by atoms with Crippen molar-refractivity contribution < 1.29 is 58.2 Å². The zero-order valence-corrected chi connectivity index (χ0v) is 36.8. The lowest BCUT2D eigenvalue weighted by Gasteiger charge is -2.27. The highest BCUT2D eigenvalue weighted by Crippen LogP contribution is 2.24. The van der Waals surface area contributed by atoms with Gasteiger partial charge >= 0.3 is 5.97 Å². The molecule has 60 heavy (non-hydrogen) atoms. The standard InChI is InChI=1S/C35H60N10O12S3/c1-17(2)27(39-19(4)47)35(57)42-21(8-6-7-12-36)30(52)44-24-16-60-59-15-23(32(54)41-20(29(37)51)9-10-26(49)50)43-31(53)22(11-13-58-5)40-25(48)14-38-34(56)28(18(3)46)45-33(24)55/h17-18,20-24,27-28,46H,6-16,36H2,1-5H3,(H2,37,51)(H,38,56)(H,39,47)(H,40,48)(H,41,54)(H,42,57)(H,43,53)(H,44,52)(H,45,55)(H,49,50)/t18-,20+,21+,22+,23-,24+,27+,28+/m1/s1. The molecule has 0 aromatic carbocycles. The van der Waals surface area contributed by atoms with Gasteiger partial charge < -0.3 is 64.2 Å². The zero-order valence-electron chi connectivity index (χ0n) is 34.3. The molecule has 8 atom stereocenters. The van der Waals surface area contributed by atoms with Crippen LogP contribution in [0, 0.1) is 5.92 Å². The van der Waals surface area contributed by atoms with Crippen LogP contribution >= 0.6 is 33.3 Å². The second-order valence-corrected chi connectivity index (χ2v) is 17.7. The maximum atomic E-state index is 13.9. The van der Waals surface area contributed by atoms with Crippen LogP contribution in [0.5, 0.6) is 0 Å². The van der Waals surface area contributed by atoms with E-state index >= 15 is 0 Å². The third-order valence-electron chi connectivity index (χ3n) is 8.76. The van der Waals surface area contributed by atoms with Crippen molar-refractivity contribution in [3.63, 3.8) is 0 Å². The van der Waals surface area contributed by atoms with Gasteiger partial charge in [0, 0.05) is 24.9 Å². The molecule has 1 aliphatic heterocycles. The Kier molecular flexibility index (Phi) is 25.3. The van der Waals surface area contributed by atoms with Crippen molar-refractivity contribution >= 4 is 92.5 Å². The van der Waals surface area contributed by atoms with E-state index < -0.39 is 120 Å².